The maximum Gasteiger partial charge on any atom is 0.255 e. The number of hydrogen-bond acceptors (Lipinski definition) is 4. The minimum Gasteiger partial charge on any atom is -0.378 e. The third-order valence-corrected chi connectivity index (χ3v) is 3.99. The van der Waals surface area contributed by atoms with Crippen LogP contribution < -0.4 is 15.5 Å². The van der Waals surface area contributed by atoms with Gasteiger partial charge in [-0.15, -0.1) is 0 Å². The van der Waals surface area contributed by atoms with Crippen LogP contribution in [0.2, 0.25) is 0 Å². The van der Waals surface area contributed by atoms with Crippen LogP contribution in [-0.4, -0.2) is 25.0 Å². The topological polar surface area (TPSA) is 57.3 Å². The van der Waals surface area contributed by atoms with Crippen molar-refractivity contribution in [1.29, 1.82) is 0 Å². The highest BCUT2D eigenvalue weighted by atomic mass is 16.1. The molecule has 1 heterocycles. The van der Waals surface area contributed by atoms with E-state index < -0.39 is 0 Å². The van der Waals surface area contributed by atoms with Crippen molar-refractivity contribution >= 4 is 28.8 Å². The van der Waals surface area contributed by atoms with Gasteiger partial charge in [0.1, 0.15) is 5.82 Å². The number of aromatic nitrogens is 1. The van der Waals surface area contributed by atoms with Crippen molar-refractivity contribution in [3.63, 3.8) is 0 Å². The molecule has 0 saturated carbocycles. The zero-order valence-corrected chi connectivity index (χ0v) is 15.2. The molecule has 2 aromatic carbocycles. The molecule has 1 amide bonds. The van der Waals surface area contributed by atoms with Gasteiger partial charge in [0.2, 0.25) is 0 Å². The van der Waals surface area contributed by atoms with Crippen molar-refractivity contribution in [3.05, 3.63) is 78.0 Å². The molecule has 0 atom stereocenters. The van der Waals surface area contributed by atoms with E-state index in [0.717, 1.165) is 22.8 Å². The molecule has 0 spiro atoms. The molecule has 5 nitrogen and oxygen atoms in total. The zero-order valence-electron chi connectivity index (χ0n) is 15.2. The van der Waals surface area contributed by atoms with Crippen molar-refractivity contribution in [2.45, 2.75) is 6.92 Å². The van der Waals surface area contributed by atoms with Crippen molar-refractivity contribution in [1.82, 2.24) is 4.98 Å². The van der Waals surface area contributed by atoms with Gasteiger partial charge in [-0.05, 0) is 55.5 Å². The van der Waals surface area contributed by atoms with Crippen LogP contribution >= 0.6 is 0 Å². The summed E-state index contributed by atoms with van der Waals surface area (Å²) in [4.78, 5) is 18.6. The summed E-state index contributed by atoms with van der Waals surface area (Å²) in [5, 5.41) is 6.10. The molecule has 5 heteroatoms. The Balaban J connectivity index is 1.62. The van der Waals surface area contributed by atoms with Crippen LogP contribution in [0.3, 0.4) is 0 Å². The van der Waals surface area contributed by atoms with Crippen molar-refractivity contribution < 1.29 is 4.79 Å². The Labute approximate surface area is 153 Å². The lowest BCUT2D eigenvalue weighted by atomic mass is 10.1. The second-order valence-electron chi connectivity index (χ2n) is 6.32. The van der Waals surface area contributed by atoms with E-state index >= 15 is 0 Å². The summed E-state index contributed by atoms with van der Waals surface area (Å²) in [5.74, 6) is 0.572. The van der Waals surface area contributed by atoms with Gasteiger partial charge in [0.25, 0.3) is 5.91 Å². The predicted octanol–water partition coefficient (Wildman–Crippen LogP) is 4.45. The van der Waals surface area contributed by atoms with Gasteiger partial charge in [-0.2, -0.15) is 0 Å². The number of carbonyl (C=O) groups is 1. The highest BCUT2D eigenvalue weighted by molar-refractivity contribution is 6.04. The van der Waals surface area contributed by atoms with E-state index in [1.54, 1.807) is 6.20 Å². The lowest BCUT2D eigenvalue weighted by Crippen LogP contribution is -2.12. The molecule has 0 aliphatic rings. The summed E-state index contributed by atoms with van der Waals surface area (Å²) in [6.45, 7) is 1.99. The summed E-state index contributed by atoms with van der Waals surface area (Å²) in [6, 6.07) is 19.2. The standard InChI is InChI=1S/C21H22N4O/c1-15-4-6-16(7-5-15)21(26)24-18-10-13-20(22-14-18)23-17-8-11-19(12-9-17)25(2)3/h4-14H,1-3H3,(H,22,23)(H,24,26). The average Bonchev–Trinajstić information content (AvgIpc) is 2.64. The van der Waals surface area contributed by atoms with Crippen molar-refractivity contribution in [2.24, 2.45) is 0 Å². The lowest BCUT2D eigenvalue weighted by molar-refractivity contribution is 0.102. The number of amides is 1. The summed E-state index contributed by atoms with van der Waals surface area (Å²) in [5.41, 5.74) is 4.50. The molecule has 3 rings (SSSR count). The minimum atomic E-state index is -0.146. The first-order valence-corrected chi connectivity index (χ1v) is 8.40. The molecule has 0 radical (unpaired) electrons. The SMILES string of the molecule is Cc1ccc(C(=O)Nc2ccc(Nc3ccc(N(C)C)cc3)nc2)cc1. The largest absolute Gasteiger partial charge is 0.378 e. The number of aryl methyl sites for hydroxylation is 1. The molecule has 0 unspecified atom stereocenters. The lowest BCUT2D eigenvalue weighted by Gasteiger charge is -2.13. The van der Waals surface area contributed by atoms with Gasteiger partial charge in [0, 0.05) is 31.0 Å². The summed E-state index contributed by atoms with van der Waals surface area (Å²) >= 11 is 0. The maximum atomic E-state index is 12.2. The number of hydrogen-bond donors (Lipinski definition) is 2. The molecule has 132 valence electrons. The summed E-state index contributed by atoms with van der Waals surface area (Å²) in [7, 11) is 4.02. The molecule has 0 aliphatic heterocycles. The first kappa shape index (κ1) is 17.5. The number of rotatable bonds is 5. The molecule has 1 aromatic heterocycles. The fourth-order valence-electron chi connectivity index (χ4n) is 2.44. The number of pyridine rings is 1. The molecule has 0 aliphatic carbocycles. The number of nitrogens with zero attached hydrogens (tertiary/aromatic N) is 2. The quantitative estimate of drug-likeness (QED) is 0.716. The molecular weight excluding hydrogens is 324 g/mol. The van der Waals surface area contributed by atoms with Gasteiger partial charge in [-0.1, -0.05) is 17.7 Å². The average molecular weight is 346 g/mol. The molecular formula is C21H22N4O. The third kappa shape index (κ3) is 4.39. The first-order chi connectivity index (χ1) is 12.5. The number of nitrogens with one attached hydrogen (secondary N) is 2. The summed E-state index contributed by atoms with van der Waals surface area (Å²) < 4.78 is 0. The first-order valence-electron chi connectivity index (χ1n) is 8.40. The van der Waals surface area contributed by atoms with E-state index in [4.69, 9.17) is 0 Å². The van der Waals surface area contributed by atoms with Gasteiger partial charge in [-0.25, -0.2) is 4.98 Å². The molecule has 0 fully saturated rings. The van der Waals surface area contributed by atoms with Crippen molar-refractivity contribution in [3.8, 4) is 0 Å². The van der Waals surface area contributed by atoms with E-state index in [1.165, 1.54) is 0 Å². The predicted molar refractivity (Wildman–Crippen MR) is 107 cm³/mol. The minimum absolute atomic E-state index is 0.146. The number of carbonyl (C=O) groups excluding carboxylic acids is 1. The Hall–Kier alpha value is -3.34. The van der Waals surface area contributed by atoms with Gasteiger partial charge < -0.3 is 15.5 Å². The smallest absolute Gasteiger partial charge is 0.255 e. The van der Waals surface area contributed by atoms with Gasteiger partial charge in [-0.3, -0.25) is 4.79 Å². The van der Waals surface area contributed by atoms with Crippen molar-refractivity contribution in [2.75, 3.05) is 29.6 Å². The Morgan fingerprint density at radius 3 is 2.12 bits per heavy atom. The molecule has 2 N–H and O–H groups in total. The monoisotopic (exact) mass is 346 g/mol. The fraction of sp³-hybridized carbons (Fsp3) is 0.143. The van der Waals surface area contributed by atoms with Crippen LogP contribution in [0.15, 0.2) is 66.9 Å². The van der Waals surface area contributed by atoms with Crippen LogP contribution in [0, 0.1) is 6.92 Å². The highest BCUT2D eigenvalue weighted by Crippen LogP contribution is 2.20. The van der Waals surface area contributed by atoms with Crippen LogP contribution in [-0.2, 0) is 0 Å². The second-order valence-corrected chi connectivity index (χ2v) is 6.32. The Morgan fingerprint density at radius 1 is 0.885 bits per heavy atom. The molecule has 0 bridgehead atoms. The van der Waals surface area contributed by atoms with Crippen LogP contribution in [0.5, 0.6) is 0 Å². The van der Waals surface area contributed by atoms with Crippen LogP contribution in [0.1, 0.15) is 15.9 Å². The molecule has 3 aromatic rings. The summed E-state index contributed by atoms with van der Waals surface area (Å²) in [6.07, 6.45) is 1.64. The number of benzene rings is 2. The zero-order chi connectivity index (χ0) is 18.5. The van der Waals surface area contributed by atoms with Gasteiger partial charge >= 0.3 is 0 Å². The normalized spacial score (nSPS) is 10.3. The van der Waals surface area contributed by atoms with Gasteiger partial charge in [0.15, 0.2) is 0 Å². The maximum absolute atomic E-state index is 12.2. The van der Waals surface area contributed by atoms with Gasteiger partial charge in [0.05, 0.1) is 11.9 Å². The van der Waals surface area contributed by atoms with E-state index in [0.29, 0.717) is 11.3 Å². The van der Waals surface area contributed by atoms with E-state index in [9.17, 15) is 4.79 Å². The number of anilines is 4. The highest BCUT2D eigenvalue weighted by Gasteiger charge is 2.06. The Morgan fingerprint density at radius 2 is 1.54 bits per heavy atom. The molecule has 0 saturated heterocycles. The Bertz CT molecular complexity index is 869. The van der Waals surface area contributed by atoms with E-state index in [2.05, 4.69) is 15.6 Å². The molecule has 26 heavy (non-hydrogen) atoms. The second kappa shape index (κ2) is 7.70. The van der Waals surface area contributed by atoms with E-state index in [1.807, 2.05) is 86.6 Å². The fourth-order valence-corrected chi connectivity index (χ4v) is 2.44. The van der Waals surface area contributed by atoms with Crippen LogP contribution in [0.25, 0.3) is 0 Å². The Kier molecular flexibility index (Phi) is 5.17. The van der Waals surface area contributed by atoms with E-state index in [-0.39, 0.29) is 5.91 Å². The van der Waals surface area contributed by atoms with Crippen LogP contribution in [0.4, 0.5) is 22.9 Å². The third-order valence-electron chi connectivity index (χ3n) is 3.99.